The predicted molar refractivity (Wildman–Crippen MR) is 75.7 cm³/mol. The van der Waals surface area contributed by atoms with Gasteiger partial charge in [0.05, 0.1) is 5.69 Å². The largest absolute Gasteiger partial charge is 0.372 e. The van der Waals surface area contributed by atoms with Crippen LogP contribution >= 0.6 is 0 Å². The van der Waals surface area contributed by atoms with E-state index in [0.717, 1.165) is 12.1 Å². The van der Waals surface area contributed by atoms with Crippen LogP contribution in [0.3, 0.4) is 0 Å². The third kappa shape index (κ3) is 3.10. The molecule has 0 unspecified atom stereocenters. The highest BCUT2D eigenvalue weighted by atomic mass is 32.2. The number of anilines is 2. The maximum Gasteiger partial charge on any atom is 0.265 e. The van der Waals surface area contributed by atoms with E-state index < -0.39 is 27.3 Å². The Morgan fingerprint density at radius 1 is 1.19 bits per heavy atom. The van der Waals surface area contributed by atoms with Gasteiger partial charge in [0, 0.05) is 19.3 Å². The fraction of sp³-hybridized carbons (Fsp3) is 0.154. The van der Waals surface area contributed by atoms with Gasteiger partial charge in [-0.3, -0.25) is 4.72 Å². The second kappa shape index (κ2) is 5.65. The lowest BCUT2D eigenvalue weighted by atomic mass is 10.2. The summed E-state index contributed by atoms with van der Waals surface area (Å²) in [6.07, 6.45) is 1.41. The van der Waals surface area contributed by atoms with E-state index in [9.17, 15) is 17.2 Å². The zero-order valence-electron chi connectivity index (χ0n) is 11.3. The molecular weight excluding hydrogens is 300 g/mol. The molecule has 5 nitrogen and oxygen atoms in total. The van der Waals surface area contributed by atoms with Crippen LogP contribution in [0.5, 0.6) is 0 Å². The van der Waals surface area contributed by atoms with Crippen molar-refractivity contribution in [2.75, 3.05) is 17.1 Å². The Kier molecular flexibility index (Phi) is 4.08. The first kappa shape index (κ1) is 15.2. The summed E-state index contributed by atoms with van der Waals surface area (Å²) in [6.45, 7) is 1.39. The van der Waals surface area contributed by atoms with E-state index in [-0.39, 0.29) is 16.3 Å². The number of nitrogens with one attached hydrogen (secondary N) is 2. The third-order valence-corrected chi connectivity index (χ3v) is 4.19. The molecule has 0 aliphatic rings. The SMILES string of the molecule is CNc1ncccc1S(=O)(=O)Nc1cc(F)c(C)cc1F. The van der Waals surface area contributed by atoms with Crippen LogP contribution < -0.4 is 10.0 Å². The van der Waals surface area contributed by atoms with Crippen molar-refractivity contribution in [3.8, 4) is 0 Å². The topological polar surface area (TPSA) is 71.1 Å². The van der Waals surface area contributed by atoms with Gasteiger partial charge >= 0.3 is 0 Å². The van der Waals surface area contributed by atoms with Crippen molar-refractivity contribution in [1.29, 1.82) is 0 Å². The van der Waals surface area contributed by atoms with E-state index >= 15 is 0 Å². The van der Waals surface area contributed by atoms with Crippen molar-refractivity contribution in [2.45, 2.75) is 11.8 Å². The van der Waals surface area contributed by atoms with Crippen molar-refractivity contribution >= 4 is 21.5 Å². The minimum absolute atomic E-state index is 0.0905. The van der Waals surface area contributed by atoms with E-state index in [1.54, 1.807) is 0 Å². The molecule has 0 saturated heterocycles. The minimum atomic E-state index is -4.09. The molecule has 0 bridgehead atoms. The Labute approximate surface area is 121 Å². The molecule has 2 aromatic rings. The van der Waals surface area contributed by atoms with Gasteiger partial charge in [-0.25, -0.2) is 22.2 Å². The molecule has 0 atom stereocenters. The first-order chi connectivity index (χ1) is 9.85. The van der Waals surface area contributed by atoms with Crippen LogP contribution in [0.4, 0.5) is 20.3 Å². The Morgan fingerprint density at radius 2 is 1.90 bits per heavy atom. The number of hydrogen-bond acceptors (Lipinski definition) is 4. The minimum Gasteiger partial charge on any atom is -0.372 e. The van der Waals surface area contributed by atoms with Gasteiger partial charge in [-0.1, -0.05) is 0 Å². The second-order valence-corrected chi connectivity index (χ2v) is 5.94. The first-order valence-corrected chi connectivity index (χ1v) is 7.44. The van der Waals surface area contributed by atoms with E-state index in [1.807, 2.05) is 4.72 Å². The van der Waals surface area contributed by atoms with Gasteiger partial charge in [0.1, 0.15) is 22.3 Å². The standard InChI is InChI=1S/C13H13F2N3O2S/c1-8-6-10(15)11(7-9(8)14)18-21(19,20)12-4-3-5-17-13(12)16-2/h3-7,18H,1-2H3,(H,16,17). The average molecular weight is 313 g/mol. The van der Waals surface area contributed by atoms with Gasteiger partial charge in [0.15, 0.2) is 0 Å². The molecule has 8 heteroatoms. The maximum absolute atomic E-state index is 13.7. The predicted octanol–water partition coefficient (Wildman–Crippen LogP) is 2.51. The molecule has 112 valence electrons. The third-order valence-electron chi connectivity index (χ3n) is 2.79. The number of rotatable bonds is 4. The molecule has 0 amide bonds. The molecule has 21 heavy (non-hydrogen) atoms. The lowest BCUT2D eigenvalue weighted by Gasteiger charge is -2.12. The number of sulfonamides is 1. The van der Waals surface area contributed by atoms with Gasteiger partial charge in [-0.15, -0.1) is 0 Å². The fourth-order valence-electron chi connectivity index (χ4n) is 1.72. The van der Waals surface area contributed by atoms with E-state index in [2.05, 4.69) is 10.3 Å². The summed E-state index contributed by atoms with van der Waals surface area (Å²) >= 11 is 0. The van der Waals surface area contributed by atoms with Crippen LogP contribution in [-0.4, -0.2) is 20.4 Å². The molecule has 1 aromatic heterocycles. The summed E-state index contributed by atoms with van der Waals surface area (Å²) < 4.78 is 53.7. The zero-order valence-corrected chi connectivity index (χ0v) is 12.1. The lowest BCUT2D eigenvalue weighted by Crippen LogP contribution is -2.16. The number of aryl methyl sites for hydroxylation is 1. The summed E-state index contributed by atoms with van der Waals surface area (Å²) in [7, 11) is -2.58. The van der Waals surface area contributed by atoms with Gasteiger partial charge in [-0.05, 0) is 30.7 Å². The second-order valence-electron chi connectivity index (χ2n) is 4.29. The highest BCUT2D eigenvalue weighted by molar-refractivity contribution is 7.92. The van der Waals surface area contributed by atoms with E-state index in [1.165, 1.54) is 32.3 Å². The maximum atomic E-state index is 13.7. The number of halogens is 2. The molecule has 0 aliphatic heterocycles. The van der Waals surface area contributed by atoms with Crippen LogP contribution in [0.1, 0.15) is 5.56 Å². The summed E-state index contributed by atoms with van der Waals surface area (Å²) in [6, 6.07) is 4.47. The number of pyridine rings is 1. The summed E-state index contributed by atoms with van der Waals surface area (Å²) in [5.41, 5.74) is -0.364. The van der Waals surface area contributed by atoms with Gasteiger partial charge in [-0.2, -0.15) is 0 Å². The smallest absolute Gasteiger partial charge is 0.265 e. The molecule has 1 aromatic carbocycles. The molecule has 0 saturated carbocycles. The van der Waals surface area contributed by atoms with Crippen molar-refractivity contribution in [3.63, 3.8) is 0 Å². The van der Waals surface area contributed by atoms with Crippen molar-refractivity contribution in [1.82, 2.24) is 4.98 Å². The van der Waals surface area contributed by atoms with Crippen LogP contribution in [0.2, 0.25) is 0 Å². The van der Waals surface area contributed by atoms with Crippen LogP contribution in [0, 0.1) is 18.6 Å². The molecular formula is C13H13F2N3O2S. The monoisotopic (exact) mass is 313 g/mol. The molecule has 0 spiro atoms. The van der Waals surface area contributed by atoms with Crippen LogP contribution in [0.15, 0.2) is 35.4 Å². The van der Waals surface area contributed by atoms with Gasteiger partial charge < -0.3 is 5.32 Å². The van der Waals surface area contributed by atoms with Crippen molar-refractivity contribution in [2.24, 2.45) is 0 Å². The van der Waals surface area contributed by atoms with Crippen molar-refractivity contribution in [3.05, 3.63) is 47.7 Å². The summed E-state index contributed by atoms with van der Waals surface area (Å²) in [4.78, 5) is 3.70. The van der Waals surface area contributed by atoms with E-state index in [4.69, 9.17) is 0 Å². The Morgan fingerprint density at radius 3 is 2.57 bits per heavy atom. The normalized spacial score (nSPS) is 11.2. The fourth-order valence-corrected chi connectivity index (χ4v) is 2.94. The van der Waals surface area contributed by atoms with Crippen LogP contribution in [-0.2, 0) is 10.0 Å². The van der Waals surface area contributed by atoms with Crippen LogP contribution in [0.25, 0.3) is 0 Å². The van der Waals surface area contributed by atoms with Gasteiger partial charge in [0.25, 0.3) is 10.0 Å². The summed E-state index contributed by atoms with van der Waals surface area (Å²) in [5, 5.41) is 2.62. The molecule has 2 rings (SSSR count). The average Bonchev–Trinajstić information content (AvgIpc) is 2.44. The Balaban J connectivity index is 2.45. The first-order valence-electron chi connectivity index (χ1n) is 5.96. The zero-order chi connectivity index (χ0) is 15.6. The Bertz CT molecular complexity index is 779. The number of hydrogen-bond donors (Lipinski definition) is 2. The van der Waals surface area contributed by atoms with E-state index in [0.29, 0.717) is 0 Å². The highest BCUT2D eigenvalue weighted by Crippen LogP contribution is 2.24. The molecule has 0 radical (unpaired) electrons. The van der Waals surface area contributed by atoms with Gasteiger partial charge in [0.2, 0.25) is 0 Å². The molecule has 0 aliphatic carbocycles. The quantitative estimate of drug-likeness (QED) is 0.910. The lowest BCUT2D eigenvalue weighted by molar-refractivity contribution is 0.590. The highest BCUT2D eigenvalue weighted by Gasteiger charge is 2.21. The number of benzene rings is 1. The Hall–Kier alpha value is -2.22. The van der Waals surface area contributed by atoms with Crippen molar-refractivity contribution < 1.29 is 17.2 Å². The molecule has 2 N–H and O–H groups in total. The summed E-state index contributed by atoms with van der Waals surface area (Å²) in [5.74, 6) is -1.44. The number of nitrogens with zero attached hydrogens (tertiary/aromatic N) is 1. The molecule has 1 heterocycles. The molecule has 0 fully saturated rings. The number of aromatic nitrogens is 1.